The van der Waals surface area contributed by atoms with Crippen LogP contribution in [-0.4, -0.2) is 20.9 Å². The number of carbonyl (C=O) groups excluding carboxylic acids is 1. The third-order valence-electron chi connectivity index (χ3n) is 6.24. The number of carbonyl (C=O) groups is 1. The maximum absolute atomic E-state index is 12.4. The van der Waals surface area contributed by atoms with E-state index in [1.165, 1.54) is 101 Å². The zero-order valence-electron chi connectivity index (χ0n) is 20.4. The topological polar surface area (TPSA) is 47.8 Å². The van der Waals surface area contributed by atoms with Gasteiger partial charge in [-0.25, -0.2) is 0 Å². The van der Waals surface area contributed by atoms with Crippen LogP contribution in [0.1, 0.15) is 127 Å². The highest BCUT2D eigenvalue weighted by molar-refractivity contribution is 5.88. The van der Waals surface area contributed by atoms with Crippen LogP contribution in [0.15, 0.2) is 36.4 Å². The Balaban J connectivity index is 1.34. The van der Waals surface area contributed by atoms with E-state index >= 15 is 0 Å². The van der Waals surface area contributed by atoms with Crippen molar-refractivity contribution in [2.75, 3.05) is 0 Å². The maximum Gasteiger partial charge on any atom is 0.248 e. The third-order valence-corrected chi connectivity index (χ3v) is 6.24. The van der Waals surface area contributed by atoms with Gasteiger partial charge >= 0.3 is 0 Å². The Morgan fingerprint density at radius 3 is 1.91 bits per heavy atom. The number of para-hydroxylation sites is 1. The zero-order chi connectivity index (χ0) is 22.7. The highest BCUT2D eigenvalue weighted by atomic mass is 16.2. The normalized spacial score (nSPS) is 11.7. The van der Waals surface area contributed by atoms with Crippen LogP contribution in [0.25, 0.3) is 11.0 Å². The summed E-state index contributed by atoms with van der Waals surface area (Å²) in [6.45, 7) is 2.27. The summed E-state index contributed by atoms with van der Waals surface area (Å²) < 4.78 is 1.46. The quantitative estimate of drug-likeness (QED) is 0.162. The minimum Gasteiger partial charge on any atom is -0.273 e. The molecule has 0 aliphatic heterocycles. The van der Waals surface area contributed by atoms with Gasteiger partial charge in [0.25, 0.3) is 0 Å². The molecule has 0 atom stereocenters. The summed E-state index contributed by atoms with van der Waals surface area (Å²) in [5.74, 6) is 0.0560. The summed E-state index contributed by atoms with van der Waals surface area (Å²) in [6, 6.07) is 7.63. The van der Waals surface area contributed by atoms with Crippen molar-refractivity contribution < 1.29 is 4.79 Å². The molecule has 2 rings (SSSR count). The van der Waals surface area contributed by atoms with Crippen molar-refractivity contribution in [3.05, 3.63) is 36.4 Å². The molecular weight excluding hydrogens is 394 g/mol. The molecule has 0 fully saturated rings. The van der Waals surface area contributed by atoms with Crippen LogP contribution in [0.2, 0.25) is 0 Å². The zero-order valence-corrected chi connectivity index (χ0v) is 20.4. The van der Waals surface area contributed by atoms with E-state index in [2.05, 4.69) is 29.4 Å². The number of allylic oxidation sites excluding steroid dienone is 2. The smallest absolute Gasteiger partial charge is 0.248 e. The summed E-state index contributed by atoms with van der Waals surface area (Å²) in [6.07, 6.45) is 27.6. The lowest BCUT2D eigenvalue weighted by Crippen LogP contribution is -2.12. The average Bonchev–Trinajstić information content (AvgIpc) is 3.25. The van der Waals surface area contributed by atoms with Crippen molar-refractivity contribution in [2.45, 2.75) is 122 Å². The molecule has 0 saturated carbocycles. The number of nitrogens with zero attached hydrogens (tertiary/aromatic N) is 3. The summed E-state index contributed by atoms with van der Waals surface area (Å²) in [4.78, 5) is 12.4. The van der Waals surface area contributed by atoms with Crippen molar-refractivity contribution in [3.8, 4) is 0 Å². The van der Waals surface area contributed by atoms with Gasteiger partial charge in [0.1, 0.15) is 5.52 Å². The Bertz CT molecular complexity index is 765. The van der Waals surface area contributed by atoms with Crippen LogP contribution < -0.4 is 0 Å². The maximum atomic E-state index is 12.4. The fourth-order valence-electron chi connectivity index (χ4n) is 4.21. The monoisotopic (exact) mass is 439 g/mol. The van der Waals surface area contributed by atoms with Gasteiger partial charge in [0.05, 0.1) is 5.52 Å². The largest absolute Gasteiger partial charge is 0.273 e. The highest BCUT2D eigenvalue weighted by Crippen LogP contribution is 2.14. The number of hydrogen-bond acceptors (Lipinski definition) is 3. The SMILES string of the molecule is CCCCCCC/C=C/CCCCCCCCCCCCC(=O)n1nnc2ccccc21. The molecule has 0 spiro atoms. The molecule has 0 radical (unpaired) electrons. The molecule has 4 heteroatoms. The third kappa shape index (κ3) is 11.1. The fraction of sp³-hybridized carbons (Fsp3) is 0.679. The van der Waals surface area contributed by atoms with Gasteiger partial charge in [-0.2, -0.15) is 4.68 Å². The minimum atomic E-state index is 0.0560. The molecule has 0 aliphatic rings. The molecule has 4 nitrogen and oxygen atoms in total. The minimum absolute atomic E-state index is 0.0560. The fourth-order valence-corrected chi connectivity index (χ4v) is 4.21. The van der Waals surface area contributed by atoms with Crippen molar-refractivity contribution in [3.63, 3.8) is 0 Å². The lowest BCUT2D eigenvalue weighted by atomic mass is 10.0. The molecule has 1 aromatic carbocycles. The number of hydrogen-bond donors (Lipinski definition) is 0. The molecule has 0 aliphatic carbocycles. The predicted molar refractivity (Wildman–Crippen MR) is 136 cm³/mol. The van der Waals surface area contributed by atoms with E-state index in [0.717, 1.165) is 23.9 Å². The first-order chi connectivity index (χ1) is 15.8. The number of fused-ring (bicyclic) bond motifs is 1. The van der Waals surface area contributed by atoms with E-state index in [9.17, 15) is 4.79 Å². The number of rotatable bonds is 19. The van der Waals surface area contributed by atoms with Crippen molar-refractivity contribution in [1.29, 1.82) is 0 Å². The second-order valence-electron chi connectivity index (χ2n) is 9.13. The van der Waals surface area contributed by atoms with E-state index in [1.807, 2.05) is 24.3 Å². The molecule has 0 N–H and O–H groups in total. The summed E-state index contributed by atoms with van der Waals surface area (Å²) in [7, 11) is 0. The number of benzene rings is 1. The Morgan fingerprint density at radius 2 is 1.28 bits per heavy atom. The van der Waals surface area contributed by atoms with E-state index in [-0.39, 0.29) is 5.91 Å². The van der Waals surface area contributed by atoms with Crippen LogP contribution >= 0.6 is 0 Å². The Labute approximate surface area is 195 Å². The van der Waals surface area contributed by atoms with Gasteiger partial charge in [0.15, 0.2) is 0 Å². The number of unbranched alkanes of at least 4 members (excludes halogenated alkanes) is 15. The molecule has 0 bridgehead atoms. The van der Waals surface area contributed by atoms with Crippen LogP contribution in [0.5, 0.6) is 0 Å². The molecule has 0 saturated heterocycles. The number of aromatic nitrogens is 3. The van der Waals surface area contributed by atoms with Gasteiger partial charge in [-0.3, -0.25) is 4.79 Å². The second-order valence-corrected chi connectivity index (χ2v) is 9.13. The summed E-state index contributed by atoms with van der Waals surface area (Å²) in [5, 5.41) is 8.07. The molecule has 0 amide bonds. The first-order valence-corrected chi connectivity index (χ1v) is 13.3. The second kappa shape index (κ2) is 17.6. The average molecular weight is 440 g/mol. The van der Waals surface area contributed by atoms with Gasteiger partial charge in [-0.05, 0) is 44.2 Å². The molecule has 1 aromatic heterocycles. The standard InChI is InChI=1S/C28H45N3O/c1-2-3-4-5-6-7-8-9-10-11-12-13-14-15-16-17-18-19-20-25-28(32)31-27-24-22-21-23-26(27)29-30-31/h8-9,21-24H,2-7,10-20,25H2,1H3/b9-8+. The van der Waals surface area contributed by atoms with E-state index < -0.39 is 0 Å². The van der Waals surface area contributed by atoms with Gasteiger partial charge in [-0.1, -0.05) is 113 Å². The Hall–Kier alpha value is -1.97. The molecule has 1 heterocycles. The van der Waals surface area contributed by atoms with E-state index in [0.29, 0.717) is 6.42 Å². The van der Waals surface area contributed by atoms with Crippen molar-refractivity contribution in [1.82, 2.24) is 15.0 Å². The van der Waals surface area contributed by atoms with Crippen LogP contribution in [0.4, 0.5) is 0 Å². The molecular formula is C28H45N3O. The lowest BCUT2D eigenvalue weighted by Gasteiger charge is -2.03. The Kier molecular flexibility index (Phi) is 14.4. The van der Waals surface area contributed by atoms with Gasteiger partial charge in [-0.15, -0.1) is 5.10 Å². The lowest BCUT2D eigenvalue weighted by molar-refractivity contribution is 0.0886. The van der Waals surface area contributed by atoms with Crippen LogP contribution in [-0.2, 0) is 0 Å². The van der Waals surface area contributed by atoms with Gasteiger partial charge < -0.3 is 0 Å². The molecule has 0 unspecified atom stereocenters. The van der Waals surface area contributed by atoms with Gasteiger partial charge in [0, 0.05) is 6.42 Å². The molecule has 2 aromatic rings. The summed E-state index contributed by atoms with van der Waals surface area (Å²) in [5.41, 5.74) is 1.59. The molecule has 32 heavy (non-hydrogen) atoms. The van der Waals surface area contributed by atoms with Crippen LogP contribution in [0, 0.1) is 0 Å². The summed E-state index contributed by atoms with van der Waals surface area (Å²) >= 11 is 0. The highest BCUT2D eigenvalue weighted by Gasteiger charge is 2.10. The van der Waals surface area contributed by atoms with Crippen LogP contribution in [0.3, 0.4) is 0 Å². The first-order valence-electron chi connectivity index (χ1n) is 13.3. The van der Waals surface area contributed by atoms with Gasteiger partial charge in [0.2, 0.25) is 5.91 Å². The van der Waals surface area contributed by atoms with E-state index in [1.54, 1.807) is 0 Å². The first kappa shape index (κ1) is 26.3. The van der Waals surface area contributed by atoms with E-state index in [4.69, 9.17) is 0 Å². The van der Waals surface area contributed by atoms with Crippen molar-refractivity contribution in [2.24, 2.45) is 0 Å². The van der Waals surface area contributed by atoms with Crippen molar-refractivity contribution >= 4 is 16.9 Å². The Morgan fingerprint density at radius 1 is 0.750 bits per heavy atom. The molecule has 178 valence electrons. The predicted octanol–water partition coefficient (Wildman–Crippen LogP) is 8.67.